The van der Waals surface area contributed by atoms with Gasteiger partial charge in [-0.15, -0.1) is 0 Å². The van der Waals surface area contributed by atoms with Crippen LogP contribution in [-0.4, -0.2) is 49.0 Å². The maximum atomic E-state index is 14.0. The largest absolute Gasteiger partial charge is 0.494 e. The predicted molar refractivity (Wildman–Crippen MR) is 126 cm³/mol. The number of carbonyl (C=O) groups excluding carboxylic acids is 2. The lowest BCUT2D eigenvalue weighted by Crippen LogP contribution is -2.75. The number of piperidine rings is 2. The standard InChI is InChI=1S/C28H33NO5/c1-3-32-26(31)28(25(30)23-8-7-13-34-23)16-21-22-14-18-9-10-19-15-20(18)27(21,17-24(28)29(22)2)11-5-4-6-12-33-19/h7-10,13,15,21-22,24H,3-6,11-12,14,16-17H2,1-2H3/t21?,22?,24?,27-,28?/m1/s1. The van der Waals surface area contributed by atoms with Crippen LogP contribution in [0, 0.1) is 11.3 Å². The van der Waals surface area contributed by atoms with Gasteiger partial charge in [0.15, 0.2) is 5.76 Å². The molecule has 1 saturated carbocycles. The van der Waals surface area contributed by atoms with Crippen LogP contribution < -0.4 is 4.74 Å². The van der Waals surface area contributed by atoms with Crippen LogP contribution >= 0.6 is 0 Å². The number of fused-ring (bicyclic) bond motifs is 2. The zero-order valence-corrected chi connectivity index (χ0v) is 20.0. The summed E-state index contributed by atoms with van der Waals surface area (Å²) in [7, 11) is 2.10. The molecule has 1 spiro atoms. The molecule has 1 aromatic carbocycles. The van der Waals surface area contributed by atoms with E-state index in [2.05, 4.69) is 30.1 Å². The minimum atomic E-state index is -1.24. The molecule has 2 aromatic rings. The molecule has 3 aliphatic heterocycles. The number of hydrogen-bond acceptors (Lipinski definition) is 6. The van der Waals surface area contributed by atoms with Gasteiger partial charge in [-0.25, -0.2) is 0 Å². The maximum Gasteiger partial charge on any atom is 0.321 e. The van der Waals surface area contributed by atoms with Crippen molar-refractivity contribution < 1.29 is 23.5 Å². The third kappa shape index (κ3) is 2.90. The van der Waals surface area contributed by atoms with E-state index in [-0.39, 0.29) is 35.5 Å². The lowest BCUT2D eigenvalue weighted by atomic mass is 9.43. The summed E-state index contributed by atoms with van der Waals surface area (Å²) < 4.78 is 17.2. The second-order valence-corrected chi connectivity index (χ2v) is 10.6. The Kier molecular flexibility index (Phi) is 5.14. The highest BCUT2D eigenvalue weighted by Crippen LogP contribution is 2.64. The summed E-state index contributed by atoms with van der Waals surface area (Å²) in [5, 5.41) is 0. The van der Waals surface area contributed by atoms with E-state index >= 15 is 0 Å². The molecule has 0 N–H and O–H groups in total. The minimum absolute atomic E-state index is 0.0500. The first kappa shape index (κ1) is 21.9. The highest BCUT2D eigenvalue weighted by atomic mass is 16.5. The molecule has 0 amide bonds. The van der Waals surface area contributed by atoms with E-state index in [4.69, 9.17) is 13.9 Å². The lowest BCUT2D eigenvalue weighted by molar-refractivity contribution is -0.178. The van der Waals surface area contributed by atoms with Crippen molar-refractivity contribution in [1.29, 1.82) is 0 Å². The highest BCUT2D eigenvalue weighted by Gasteiger charge is 2.70. The number of ketones is 1. The molecule has 2 aliphatic carbocycles. The molecule has 5 atom stereocenters. The predicted octanol–water partition coefficient (Wildman–Crippen LogP) is 4.55. The van der Waals surface area contributed by atoms with Crippen LogP contribution in [0.5, 0.6) is 5.75 Å². The smallest absolute Gasteiger partial charge is 0.321 e. The molecule has 3 fully saturated rings. The lowest BCUT2D eigenvalue weighted by Gasteiger charge is -2.67. The molecular formula is C28H33NO5. The van der Waals surface area contributed by atoms with Crippen molar-refractivity contribution in [2.45, 2.75) is 69.4 Å². The van der Waals surface area contributed by atoms with E-state index in [1.807, 2.05) is 0 Å². The Morgan fingerprint density at radius 1 is 1.18 bits per heavy atom. The van der Waals surface area contributed by atoms with Gasteiger partial charge in [-0.05, 0) is 87.4 Å². The van der Waals surface area contributed by atoms with E-state index in [9.17, 15) is 9.59 Å². The monoisotopic (exact) mass is 463 g/mol. The van der Waals surface area contributed by atoms with Gasteiger partial charge in [0.1, 0.15) is 11.2 Å². The van der Waals surface area contributed by atoms with Gasteiger partial charge in [0.25, 0.3) is 0 Å². The number of furan rings is 1. The average molecular weight is 464 g/mol. The van der Waals surface area contributed by atoms with Crippen molar-refractivity contribution in [1.82, 2.24) is 4.90 Å². The second kappa shape index (κ2) is 7.98. The molecule has 1 aromatic heterocycles. The molecule has 4 heterocycles. The minimum Gasteiger partial charge on any atom is -0.494 e. The number of benzene rings is 1. The van der Waals surface area contributed by atoms with Crippen LogP contribution in [0.15, 0.2) is 41.0 Å². The summed E-state index contributed by atoms with van der Waals surface area (Å²) in [6.07, 6.45) is 8.12. The van der Waals surface area contributed by atoms with E-state index in [0.717, 1.165) is 50.9 Å². The van der Waals surface area contributed by atoms with Crippen LogP contribution in [-0.2, 0) is 21.4 Å². The molecule has 2 saturated heterocycles. The molecule has 180 valence electrons. The van der Waals surface area contributed by atoms with Gasteiger partial charge >= 0.3 is 5.97 Å². The number of likely N-dealkylation sites (N-methyl/N-ethyl adjacent to an activating group) is 1. The molecule has 4 unspecified atom stereocenters. The van der Waals surface area contributed by atoms with Gasteiger partial charge in [-0.2, -0.15) is 0 Å². The van der Waals surface area contributed by atoms with E-state index in [1.54, 1.807) is 19.1 Å². The first-order valence-corrected chi connectivity index (χ1v) is 12.7. The Labute approximate surface area is 200 Å². The highest BCUT2D eigenvalue weighted by molar-refractivity contribution is 6.12. The van der Waals surface area contributed by atoms with E-state index in [0.29, 0.717) is 12.5 Å². The van der Waals surface area contributed by atoms with Gasteiger partial charge in [0, 0.05) is 17.5 Å². The molecule has 0 radical (unpaired) electrons. The summed E-state index contributed by atoms with van der Waals surface area (Å²) in [4.78, 5) is 30.0. The van der Waals surface area contributed by atoms with Crippen molar-refractivity contribution >= 4 is 11.8 Å². The maximum absolute atomic E-state index is 14.0. The summed E-state index contributed by atoms with van der Waals surface area (Å²) >= 11 is 0. The van der Waals surface area contributed by atoms with E-state index in [1.165, 1.54) is 17.4 Å². The topological polar surface area (TPSA) is 69.0 Å². The fourth-order valence-electron chi connectivity index (χ4n) is 7.74. The summed E-state index contributed by atoms with van der Waals surface area (Å²) in [5.74, 6) is 0.747. The number of Topliss-reactive ketones (excluding diaryl/α,β-unsaturated/α-hetero) is 1. The third-order valence-corrected chi connectivity index (χ3v) is 9.23. The molecule has 7 rings (SSSR count). The average Bonchev–Trinajstić information content (AvgIpc) is 3.38. The Morgan fingerprint density at radius 3 is 2.85 bits per heavy atom. The molecule has 6 nitrogen and oxygen atoms in total. The number of rotatable bonds is 4. The van der Waals surface area contributed by atoms with Crippen LogP contribution in [0.3, 0.4) is 0 Å². The zero-order valence-electron chi connectivity index (χ0n) is 20.0. The van der Waals surface area contributed by atoms with Gasteiger partial charge in [0.2, 0.25) is 5.78 Å². The van der Waals surface area contributed by atoms with Gasteiger partial charge in [0.05, 0.1) is 19.5 Å². The van der Waals surface area contributed by atoms with Gasteiger partial charge < -0.3 is 13.9 Å². The number of carbonyl (C=O) groups is 2. The molecule has 6 bridgehead atoms. The van der Waals surface area contributed by atoms with Crippen LogP contribution in [0.25, 0.3) is 0 Å². The molecule has 34 heavy (non-hydrogen) atoms. The number of esters is 1. The third-order valence-electron chi connectivity index (χ3n) is 9.23. The number of nitrogens with zero attached hydrogens (tertiary/aromatic N) is 1. The molecule has 6 heteroatoms. The summed E-state index contributed by atoms with van der Waals surface area (Å²) in [5.41, 5.74) is 1.48. The van der Waals surface area contributed by atoms with Crippen molar-refractivity contribution in [3.05, 3.63) is 53.5 Å². The van der Waals surface area contributed by atoms with Crippen LogP contribution in [0.2, 0.25) is 0 Å². The first-order valence-electron chi connectivity index (χ1n) is 12.7. The number of hydrogen-bond donors (Lipinski definition) is 0. The van der Waals surface area contributed by atoms with Crippen LogP contribution in [0.1, 0.15) is 67.1 Å². The van der Waals surface area contributed by atoms with E-state index < -0.39 is 11.4 Å². The Hall–Kier alpha value is -2.60. The summed E-state index contributed by atoms with van der Waals surface area (Å²) in [6.45, 7) is 2.82. The van der Waals surface area contributed by atoms with Crippen molar-refractivity contribution in [2.24, 2.45) is 11.3 Å². The normalized spacial score (nSPS) is 34.2. The Bertz CT molecular complexity index is 1110. The van der Waals surface area contributed by atoms with Crippen molar-refractivity contribution in [3.8, 4) is 5.75 Å². The second-order valence-electron chi connectivity index (χ2n) is 10.6. The van der Waals surface area contributed by atoms with Crippen molar-refractivity contribution in [3.63, 3.8) is 0 Å². The number of ether oxygens (including phenoxy) is 2. The van der Waals surface area contributed by atoms with Crippen molar-refractivity contribution in [2.75, 3.05) is 20.3 Å². The van der Waals surface area contributed by atoms with Gasteiger partial charge in [-0.3, -0.25) is 14.5 Å². The molecule has 5 aliphatic rings. The zero-order chi connectivity index (χ0) is 23.5. The fraction of sp³-hybridized carbons (Fsp3) is 0.571. The first-order chi connectivity index (χ1) is 16.5. The Balaban J connectivity index is 1.51. The molecular weight excluding hydrogens is 430 g/mol. The summed E-state index contributed by atoms with van der Waals surface area (Å²) in [6, 6.07) is 10.1. The van der Waals surface area contributed by atoms with Gasteiger partial charge in [-0.1, -0.05) is 18.9 Å². The van der Waals surface area contributed by atoms with Crippen LogP contribution in [0.4, 0.5) is 0 Å². The quantitative estimate of drug-likeness (QED) is 0.376. The SMILES string of the molecule is CCOC(=O)C1(C(=O)c2ccco2)CC2C3Cc4ccc5cc4[C@@]2(CCCCCO5)CC1N3C. The fourth-order valence-corrected chi connectivity index (χ4v) is 7.74. The Morgan fingerprint density at radius 2 is 2.06 bits per heavy atom.